The van der Waals surface area contributed by atoms with Gasteiger partial charge in [-0.15, -0.1) is 0 Å². The van der Waals surface area contributed by atoms with Gasteiger partial charge in [0, 0.05) is 41.4 Å². The molecular weight excluding hydrogens is 394 g/mol. The fraction of sp³-hybridized carbons (Fsp3) is 0.188. The first kappa shape index (κ1) is 18.3. The summed E-state index contributed by atoms with van der Waals surface area (Å²) in [6.07, 6.45) is 1.56. The molecule has 1 aromatic heterocycles. The highest BCUT2D eigenvalue weighted by Crippen LogP contribution is 2.22. The van der Waals surface area contributed by atoms with E-state index in [1.54, 1.807) is 50.6 Å². The molecule has 0 aliphatic carbocycles. The first-order chi connectivity index (χ1) is 11.3. The number of rotatable bonds is 4. The lowest BCUT2D eigenvalue weighted by Gasteiger charge is -2.10. The maximum absolute atomic E-state index is 12.0. The molecule has 0 unspecified atom stereocenters. The van der Waals surface area contributed by atoms with Crippen molar-refractivity contribution < 1.29 is 9.59 Å². The minimum absolute atomic E-state index is 0.0687. The van der Waals surface area contributed by atoms with E-state index < -0.39 is 0 Å². The molecule has 1 aromatic carbocycles. The van der Waals surface area contributed by atoms with Crippen molar-refractivity contribution in [1.82, 2.24) is 9.47 Å². The number of benzene rings is 1. The Morgan fingerprint density at radius 2 is 1.83 bits per heavy atom. The van der Waals surface area contributed by atoms with Gasteiger partial charge in [-0.2, -0.15) is 0 Å². The van der Waals surface area contributed by atoms with E-state index in [0.29, 0.717) is 5.69 Å². The van der Waals surface area contributed by atoms with Gasteiger partial charge in [0.2, 0.25) is 5.91 Å². The SMILES string of the molecule is CN(C)C(=O)Sc1ccc(NC(=O)Cn2cc(Br)ccc2=O)cc1. The number of carbonyl (C=O) groups excluding carboxylic acids is 2. The Morgan fingerprint density at radius 1 is 1.17 bits per heavy atom. The van der Waals surface area contributed by atoms with Gasteiger partial charge in [-0.25, -0.2) is 0 Å². The van der Waals surface area contributed by atoms with E-state index in [0.717, 1.165) is 21.1 Å². The highest BCUT2D eigenvalue weighted by molar-refractivity contribution is 9.10. The van der Waals surface area contributed by atoms with Crippen LogP contribution in [0, 0.1) is 0 Å². The third-order valence-electron chi connectivity index (χ3n) is 2.97. The number of aromatic nitrogens is 1. The molecule has 2 rings (SSSR count). The van der Waals surface area contributed by atoms with Gasteiger partial charge < -0.3 is 14.8 Å². The third kappa shape index (κ3) is 5.24. The molecule has 126 valence electrons. The molecule has 0 fully saturated rings. The zero-order valence-electron chi connectivity index (χ0n) is 13.2. The fourth-order valence-electron chi connectivity index (χ4n) is 1.78. The van der Waals surface area contributed by atoms with Crippen LogP contribution in [0.1, 0.15) is 0 Å². The molecule has 24 heavy (non-hydrogen) atoms. The molecule has 2 amide bonds. The summed E-state index contributed by atoms with van der Waals surface area (Å²) in [6.45, 7) is -0.0755. The maximum atomic E-state index is 12.0. The Balaban J connectivity index is 1.98. The Kier molecular flexibility index (Phi) is 6.22. The van der Waals surface area contributed by atoms with Crippen molar-refractivity contribution >= 4 is 44.5 Å². The van der Waals surface area contributed by atoms with Crippen LogP contribution in [0.5, 0.6) is 0 Å². The molecule has 1 heterocycles. The zero-order valence-corrected chi connectivity index (χ0v) is 15.6. The Bertz CT molecular complexity index is 803. The summed E-state index contributed by atoms with van der Waals surface area (Å²) in [5, 5.41) is 2.65. The van der Waals surface area contributed by atoms with E-state index in [1.165, 1.54) is 15.5 Å². The fourth-order valence-corrected chi connectivity index (χ4v) is 2.82. The quantitative estimate of drug-likeness (QED) is 0.787. The van der Waals surface area contributed by atoms with Crippen LogP contribution in [0.3, 0.4) is 0 Å². The van der Waals surface area contributed by atoms with E-state index in [9.17, 15) is 14.4 Å². The van der Waals surface area contributed by atoms with Crippen LogP contribution in [0.15, 0.2) is 56.8 Å². The second-order valence-electron chi connectivity index (χ2n) is 5.15. The average Bonchev–Trinajstić information content (AvgIpc) is 2.52. The number of thioether (sulfide) groups is 1. The van der Waals surface area contributed by atoms with Gasteiger partial charge in [-0.3, -0.25) is 14.4 Å². The lowest BCUT2D eigenvalue weighted by Crippen LogP contribution is -2.26. The monoisotopic (exact) mass is 409 g/mol. The van der Waals surface area contributed by atoms with Crippen LogP contribution >= 0.6 is 27.7 Å². The summed E-state index contributed by atoms with van der Waals surface area (Å²) in [6, 6.07) is 9.97. The maximum Gasteiger partial charge on any atom is 0.285 e. The van der Waals surface area contributed by atoms with E-state index in [4.69, 9.17) is 0 Å². The minimum atomic E-state index is -0.306. The van der Waals surface area contributed by atoms with E-state index in [2.05, 4.69) is 21.2 Å². The molecule has 0 aliphatic rings. The molecular formula is C16H16BrN3O3S. The van der Waals surface area contributed by atoms with Crippen molar-refractivity contribution in [2.24, 2.45) is 0 Å². The standard InChI is InChI=1S/C16H16BrN3O3S/c1-19(2)16(23)24-13-6-4-12(5-7-13)18-14(21)10-20-9-11(17)3-8-15(20)22/h3-9H,10H2,1-2H3,(H,18,21). The lowest BCUT2D eigenvalue weighted by molar-refractivity contribution is -0.116. The van der Waals surface area contributed by atoms with Crippen LogP contribution in [0.4, 0.5) is 10.5 Å². The van der Waals surface area contributed by atoms with Crippen LogP contribution in [0.2, 0.25) is 0 Å². The van der Waals surface area contributed by atoms with Crippen molar-refractivity contribution in [1.29, 1.82) is 0 Å². The van der Waals surface area contributed by atoms with Gasteiger partial charge in [0.05, 0.1) is 0 Å². The summed E-state index contributed by atoms with van der Waals surface area (Å²) in [4.78, 5) is 37.6. The second kappa shape index (κ2) is 8.16. The van der Waals surface area contributed by atoms with Gasteiger partial charge in [-0.1, -0.05) is 0 Å². The lowest BCUT2D eigenvalue weighted by atomic mass is 10.3. The molecule has 0 spiro atoms. The Hall–Kier alpha value is -2.06. The first-order valence-corrected chi connectivity index (χ1v) is 8.61. The predicted molar refractivity (Wildman–Crippen MR) is 98.4 cm³/mol. The van der Waals surface area contributed by atoms with Crippen LogP contribution in [-0.2, 0) is 11.3 Å². The third-order valence-corrected chi connectivity index (χ3v) is 4.49. The van der Waals surface area contributed by atoms with Gasteiger partial charge in [0.25, 0.3) is 10.8 Å². The molecule has 0 saturated heterocycles. The van der Waals surface area contributed by atoms with Crippen LogP contribution in [0.25, 0.3) is 0 Å². The molecule has 8 heteroatoms. The summed E-state index contributed by atoms with van der Waals surface area (Å²) < 4.78 is 2.04. The molecule has 2 aromatic rings. The minimum Gasteiger partial charge on any atom is -0.339 e. The number of amides is 2. The molecule has 0 saturated carbocycles. The normalized spacial score (nSPS) is 10.3. The largest absolute Gasteiger partial charge is 0.339 e. The Labute approximate surface area is 152 Å². The number of anilines is 1. The number of hydrogen-bond donors (Lipinski definition) is 1. The number of pyridine rings is 1. The summed E-state index contributed by atoms with van der Waals surface area (Å²) in [5.74, 6) is -0.306. The zero-order chi connectivity index (χ0) is 17.7. The van der Waals surface area contributed by atoms with E-state index >= 15 is 0 Å². The summed E-state index contributed by atoms with van der Waals surface area (Å²) in [5.41, 5.74) is 0.354. The molecule has 1 N–H and O–H groups in total. The summed E-state index contributed by atoms with van der Waals surface area (Å²) in [7, 11) is 3.38. The highest BCUT2D eigenvalue weighted by Gasteiger charge is 2.08. The first-order valence-electron chi connectivity index (χ1n) is 7.00. The van der Waals surface area contributed by atoms with Gasteiger partial charge >= 0.3 is 0 Å². The van der Waals surface area contributed by atoms with Crippen molar-refractivity contribution in [3.63, 3.8) is 0 Å². The van der Waals surface area contributed by atoms with Crippen molar-refractivity contribution in [2.45, 2.75) is 11.4 Å². The molecule has 0 bridgehead atoms. The predicted octanol–water partition coefficient (Wildman–Crippen LogP) is 3.02. The van der Waals surface area contributed by atoms with E-state index in [1.807, 2.05) is 0 Å². The molecule has 0 atom stereocenters. The Morgan fingerprint density at radius 3 is 2.46 bits per heavy atom. The van der Waals surface area contributed by atoms with Crippen molar-refractivity contribution in [3.8, 4) is 0 Å². The molecule has 6 nitrogen and oxygen atoms in total. The number of hydrogen-bond acceptors (Lipinski definition) is 4. The van der Waals surface area contributed by atoms with E-state index in [-0.39, 0.29) is 23.3 Å². The molecule has 0 radical (unpaired) electrons. The number of halogens is 1. The number of nitrogens with one attached hydrogen (secondary N) is 1. The van der Waals surface area contributed by atoms with Crippen LogP contribution < -0.4 is 10.9 Å². The number of carbonyl (C=O) groups is 2. The van der Waals surface area contributed by atoms with Gasteiger partial charge in [-0.05, 0) is 58.0 Å². The van der Waals surface area contributed by atoms with Crippen molar-refractivity contribution in [2.75, 3.05) is 19.4 Å². The highest BCUT2D eigenvalue weighted by atomic mass is 79.9. The number of nitrogens with zero attached hydrogens (tertiary/aromatic N) is 2. The smallest absolute Gasteiger partial charge is 0.285 e. The molecule has 0 aliphatic heterocycles. The second-order valence-corrected chi connectivity index (χ2v) is 7.09. The summed E-state index contributed by atoms with van der Waals surface area (Å²) >= 11 is 4.38. The van der Waals surface area contributed by atoms with Crippen molar-refractivity contribution in [3.05, 3.63) is 57.4 Å². The van der Waals surface area contributed by atoms with Gasteiger partial charge in [0.1, 0.15) is 6.54 Å². The average molecular weight is 410 g/mol. The van der Waals surface area contributed by atoms with Gasteiger partial charge in [0.15, 0.2) is 0 Å². The van der Waals surface area contributed by atoms with Crippen LogP contribution in [-0.4, -0.2) is 34.7 Å². The topological polar surface area (TPSA) is 71.4 Å².